The molecule has 2 aromatic rings. The number of carbonyl (C=O) groups excluding carboxylic acids is 1. The van der Waals surface area contributed by atoms with E-state index in [0.29, 0.717) is 16.1 Å². The van der Waals surface area contributed by atoms with Crippen molar-refractivity contribution in [1.82, 2.24) is 0 Å². The van der Waals surface area contributed by atoms with Crippen LogP contribution in [0.1, 0.15) is 15.9 Å². The van der Waals surface area contributed by atoms with Crippen LogP contribution in [0.3, 0.4) is 0 Å². The highest BCUT2D eigenvalue weighted by atomic mass is 35.5. The largest absolute Gasteiger partial charge is 0.502 e. The summed E-state index contributed by atoms with van der Waals surface area (Å²) in [5, 5.41) is 20.5. The molecule has 0 aliphatic rings. The lowest BCUT2D eigenvalue weighted by atomic mass is 10.1. The molecule has 0 spiro atoms. The van der Waals surface area contributed by atoms with Crippen molar-refractivity contribution in [2.75, 3.05) is 0 Å². The Balaban J connectivity index is 2.23. The van der Waals surface area contributed by atoms with E-state index in [1.54, 1.807) is 18.2 Å². The number of aromatic hydroxyl groups is 1. The van der Waals surface area contributed by atoms with Gasteiger partial charge in [0.15, 0.2) is 11.5 Å². The summed E-state index contributed by atoms with van der Waals surface area (Å²) in [6, 6.07) is 10.4. The molecule has 0 saturated heterocycles. The number of allylic oxidation sites excluding steroid dienone is 1. The summed E-state index contributed by atoms with van der Waals surface area (Å²) in [5.41, 5.74) is 0.453. The summed E-state index contributed by atoms with van der Waals surface area (Å²) < 4.78 is 0. The van der Waals surface area contributed by atoms with Crippen molar-refractivity contribution in [3.05, 3.63) is 74.8 Å². The van der Waals surface area contributed by atoms with Crippen LogP contribution in [0.2, 0.25) is 5.02 Å². The molecule has 5 nitrogen and oxygen atoms in total. The Kier molecular flexibility index (Phi) is 4.35. The van der Waals surface area contributed by atoms with Crippen LogP contribution >= 0.6 is 11.6 Å². The molecule has 0 radical (unpaired) electrons. The first-order valence-corrected chi connectivity index (χ1v) is 6.30. The van der Waals surface area contributed by atoms with Gasteiger partial charge in [-0.25, -0.2) is 0 Å². The minimum absolute atomic E-state index is 0.270. The molecule has 0 fully saturated rings. The summed E-state index contributed by atoms with van der Waals surface area (Å²) in [7, 11) is 0. The Hall–Kier alpha value is -2.66. The van der Waals surface area contributed by atoms with Gasteiger partial charge < -0.3 is 5.11 Å². The zero-order valence-corrected chi connectivity index (χ0v) is 11.4. The van der Waals surface area contributed by atoms with E-state index in [9.17, 15) is 20.0 Å². The van der Waals surface area contributed by atoms with E-state index in [0.717, 1.165) is 0 Å². The molecule has 0 aliphatic carbocycles. The molecule has 0 aromatic heterocycles. The van der Waals surface area contributed by atoms with Crippen LogP contribution < -0.4 is 0 Å². The van der Waals surface area contributed by atoms with Crippen molar-refractivity contribution in [2.45, 2.75) is 0 Å². The SMILES string of the molecule is O=C(/C=C/c1ccc(O)c([N+](=O)[O-])c1)c1cccc(Cl)c1. The van der Waals surface area contributed by atoms with Gasteiger partial charge in [-0.05, 0) is 29.8 Å². The maximum absolute atomic E-state index is 11.9. The number of nitrogens with zero attached hydrogens (tertiary/aromatic N) is 1. The fourth-order valence-corrected chi connectivity index (χ4v) is 1.89. The first kappa shape index (κ1) is 14.7. The Morgan fingerprint density at radius 3 is 2.67 bits per heavy atom. The van der Waals surface area contributed by atoms with Gasteiger partial charge in [-0.1, -0.05) is 35.9 Å². The number of halogens is 1. The number of phenolic OH excluding ortho intramolecular Hbond substituents is 1. The normalized spacial score (nSPS) is 10.7. The molecule has 0 saturated carbocycles. The lowest BCUT2D eigenvalue weighted by molar-refractivity contribution is -0.385. The van der Waals surface area contributed by atoms with Gasteiger partial charge >= 0.3 is 5.69 Å². The summed E-state index contributed by atoms with van der Waals surface area (Å²) >= 11 is 5.80. The molecule has 1 N–H and O–H groups in total. The molecule has 0 atom stereocenters. The number of nitro benzene ring substituents is 1. The fourth-order valence-electron chi connectivity index (χ4n) is 1.70. The molecule has 0 amide bonds. The van der Waals surface area contributed by atoms with Crippen molar-refractivity contribution < 1.29 is 14.8 Å². The van der Waals surface area contributed by atoms with Gasteiger partial charge in [0.25, 0.3) is 0 Å². The Labute approximate surface area is 125 Å². The molecule has 0 bridgehead atoms. The average molecular weight is 304 g/mol. The number of hydrogen-bond acceptors (Lipinski definition) is 4. The lowest BCUT2D eigenvalue weighted by Crippen LogP contribution is -1.93. The monoisotopic (exact) mass is 303 g/mol. The molecule has 21 heavy (non-hydrogen) atoms. The molecular formula is C15H10ClNO4. The fraction of sp³-hybridized carbons (Fsp3) is 0. The number of nitro groups is 1. The molecule has 0 unspecified atom stereocenters. The molecule has 0 aliphatic heterocycles. The first-order chi connectivity index (χ1) is 9.97. The first-order valence-electron chi connectivity index (χ1n) is 5.93. The van der Waals surface area contributed by atoms with E-state index in [1.807, 2.05) is 0 Å². The summed E-state index contributed by atoms with van der Waals surface area (Å²) in [6.45, 7) is 0. The molecule has 2 rings (SSSR count). The second-order valence-corrected chi connectivity index (χ2v) is 4.65. The van der Waals surface area contributed by atoms with Gasteiger partial charge in [-0.15, -0.1) is 0 Å². The van der Waals surface area contributed by atoms with Crippen LogP contribution in [0, 0.1) is 10.1 Å². The van der Waals surface area contributed by atoms with Crippen LogP contribution in [0.5, 0.6) is 5.75 Å². The van der Waals surface area contributed by atoms with Gasteiger partial charge in [0.2, 0.25) is 0 Å². The topological polar surface area (TPSA) is 80.4 Å². The van der Waals surface area contributed by atoms with Crippen molar-refractivity contribution in [1.29, 1.82) is 0 Å². The average Bonchev–Trinajstić information content (AvgIpc) is 2.45. The Morgan fingerprint density at radius 1 is 1.24 bits per heavy atom. The lowest BCUT2D eigenvalue weighted by Gasteiger charge is -1.98. The van der Waals surface area contributed by atoms with Crippen molar-refractivity contribution in [3.8, 4) is 5.75 Å². The number of phenols is 1. The van der Waals surface area contributed by atoms with Gasteiger partial charge in [0.1, 0.15) is 0 Å². The van der Waals surface area contributed by atoms with Crippen molar-refractivity contribution in [2.24, 2.45) is 0 Å². The molecular weight excluding hydrogens is 294 g/mol. The minimum atomic E-state index is -0.689. The highest BCUT2D eigenvalue weighted by molar-refractivity contribution is 6.31. The zero-order valence-electron chi connectivity index (χ0n) is 10.7. The van der Waals surface area contributed by atoms with Crippen LogP contribution in [0.25, 0.3) is 6.08 Å². The van der Waals surface area contributed by atoms with Crippen LogP contribution in [-0.4, -0.2) is 15.8 Å². The molecule has 106 valence electrons. The van der Waals surface area contributed by atoms with E-state index in [4.69, 9.17) is 11.6 Å². The maximum Gasteiger partial charge on any atom is 0.311 e. The van der Waals surface area contributed by atoms with E-state index in [-0.39, 0.29) is 5.78 Å². The predicted octanol–water partition coefficient (Wildman–Crippen LogP) is 3.85. The highest BCUT2D eigenvalue weighted by Crippen LogP contribution is 2.26. The van der Waals surface area contributed by atoms with Crippen LogP contribution in [0.15, 0.2) is 48.5 Å². The number of hydrogen-bond donors (Lipinski definition) is 1. The quantitative estimate of drug-likeness (QED) is 0.402. The van der Waals surface area contributed by atoms with Gasteiger partial charge in [-0.2, -0.15) is 0 Å². The van der Waals surface area contributed by atoms with E-state index >= 15 is 0 Å². The third-order valence-corrected chi connectivity index (χ3v) is 2.97. The Morgan fingerprint density at radius 2 is 2.00 bits per heavy atom. The molecule has 6 heteroatoms. The summed E-state index contributed by atoms with van der Waals surface area (Å²) in [4.78, 5) is 21.9. The van der Waals surface area contributed by atoms with Gasteiger partial charge in [0, 0.05) is 16.7 Å². The number of rotatable bonds is 4. The van der Waals surface area contributed by atoms with Crippen molar-refractivity contribution >= 4 is 29.1 Å². The van der Waals surface area contributed by atoms with Crippen LogP contribution in [0.4, 0.5) is 5.69 Å². The van der Waals surface area contributed by atoms with E-state index in [2.05, 4.69) is 0 Å². The van der Waals surface area contributed by atoms with E-state index < -0.39 is 16.4 Å². The van der Waals surface area contributed by atoms with Crippen molar-refractivity contribution in [3.63, 3.8) is 0 Å². The third-order valence-electron chi connectivity index (χ3n) is 2.73. The third kappa shape index (κ3) is 3.67. The maximum atomic E-state index is 11.9. The zero-order chi connectivity index (χ0) is 15.4. The summed E-state index contributed by atoms with van der Waals surface area (Å²) in [5.74, 6) is -0.688. The molecule has 0 heterocycles. The number of ketones is 1. The standard InChI is InChI=1S/C15H10ClNO4/c16-12-3-1-2-11(9-12)14(18)6-4-10-5-7-15(19)13(8-10)17(20)21/h1-9,19H/b6-4+. The smallest absolute Gasteiger partial charge is 0.311 e. The second kappa shape index (κ2) is 6.19. The van der Waals surface area contributed by atoms with Crippen LogP contribution in [-0.2, 0) is 0 Å². The van der Waals surface area contributed by atoms with Gasteiger partial charge in [-0.3, -0.25) is 14.9 Å². The van der Waals surface area contributed by atoms with Gasteiger partial charge in [0.05, 0.1) is 4.92 Å². The molecule has 2 aromatic carbocycles. The number of benzene rings is 2. The highest BCUT2D eigenvalue weighted by Gasteiger charge is 2.12. The minimum Gasteiger partial charge on any atom is -0.502 e. The predicted molar refractivity (Wildman–Crippen MR) is 79.6 cm³/mol. The Bertz CT molecular complexity index is 740. The second-order valence-electron chi connectivity index (χ2n) is 4.21. The van der Waals surface area contributed by atoms with E-state index in [1.165, 1.54) is 36.4 Å². The summed E-state index contributed by atoms with van der Waals surface area (Å²) in [6.07, 6.45) is 2.73. The number of carbonyl (C=O) groups is 1.